The summed E-state index contributed by atoms with van der Waals surface area (Å²) in [6.45, 7) is 0. The highest BCUT2D eigenvalue weighted by Gasteiger charge is 2.10. The lowest BCUT2D eigenvalue weighted by Crippen LogP contribution is -2.11. The number of nitrogens with two attached hydrogens (primary N) is 1. The number of hydrogen-bond donors (Lipinski definition) is 2. The van der Waals surface area contributed by atoms with E-state index in [0.717, 1.165) is 0 Å². The van der Waals surface area contributed by atoms with Gasteiger partial charge in [0.1, 0.15) is 17.3 Å². The number of nitrogen functional groups attached to an aromatic ring is 1. The normalized spacial score (nSPS) is 10.4. The molecule has 3 N–H and O–H groups in total. The van der Waals surface area contributed by atoms with Gasteiger partial charge >= 0.3 is 0 Å². The van der Waals surface area contributed by atoms with Gasteiger partial charge in [0.25, 0.3) is 0 Å². The van der Waals surface area contributed by atoms with E-state index >= 15 is 0 Å². The molecule has 104 valence electrons. The summed E-state index contributed by atoms with van der Waals surface area (Å²) in [5.74, 6) is 0.683. The molecule has 0 saturated heterocycles. The second kappa shape index (κ2) is 6.10. The maximum absolute atomic E-state index is 7.35. The predicted octanol–water partition coefficient (Wildman–Crippen LogP) is 5.38. The molecule has 0 aliphatic rings. The van der Waals surface area contributed by atoms with Crippen molar-refractivity contribution in [1.82, 2.24) is 0 Å². The van der Waals surface area contributed by atoms with Gasteiger partial charge in [-0.2, -0.15) is 0 Å². The number of ether oxygens (including phenoxy) is 1. The third-order valence-corrected chi connectivity index (χ3v) is 3.76. The molecule has 0 bridgehead atoms. The van der Waals surface area contributed by atoms with E-state index in [0.29, 0.717) is 37.2 Å². The predicted molar refractivity (Wildman–Crippen MR) is 84.0 cm³/mol. The Bertz CT molecular complexity index is 688. The third kappa shape index (κ3) is 3.30. The quantitative estimate of drug-likeness (QED) is 0.444. The van der Waals surface area contributed by atoms with Crippen molar-refractivity contribution in [2.24, 2.45) is 5.73 Å². The molecule has 0 heterocycles. The van der Waals surface area contributed by atoms with Gasteiger partial charge in [0.2, 0.25) is 0 Å². The fraction of sp³-hybridized carbons (Fsp3) is 0. The minimum atomic E-state index is -0.117. The van der Waals surface area contributed by atoms with Gasteiger partial charge in [0.05, 0.1) is 20.1 Å². The maximum atomic E-state index is 7.35. The van der Waals surface area contributed by atoms with Crippen LogP contribution in [0.5, 0.6) is 11.5 Å². The van der Waals surface area contributed by atoms with Crippen molar-refractivity contribution >= 4 is 52.2 Å². The van der Waals surface area contributed by atoms with Crippen LogP contribution in [0.25, 0.3) is 0 Å². The van der Waals surface area contributed by atoms with Crippen LogP contribution in [-0.2, 0) is 0 Å². The Morgan fingerprint density at radius 2 is 1.55 bits per heavy atom. The van der Waals surface area contributed by atoms with E-state index in [1.165, 1.54) is 18.2 Å². The summed E-state index contributed by atoms with van der Waals surface area (Å²) >= 11 is 23.8. The number of rotatable bonds is 3. The minimum Gasteiger partial charge on any atom is -0.456 e. The Labute approximate surface area is 135 Å². The van der Waals surface area contributed by atoms with Gasteiger partial charge in [-0.25, -0.2) is 0 Å². The fourth-order valence-electron chi connectivity index (χ4n) is 1.49. The van der Waals surface area contributed by atoms with E-state index in [9.17, 15) is 0 Å². The van der Waals surface area contributed by atoms with E-state index in [4.69, 9.17) is 62.3 Å². The van der Waals surface area contributed by atoms with Crippen LogP contribution in [0, 0.1) is 5.41 Å². The van der Waals surface area contributed by atoms with Crippen LogP contribution < -0.4 is 10.5 Å². The smallest absolute Gasteiger partial charge is 0.147 e. The third-order valence-electron chi connectivity index (χ3n) is 2.43. The summed E-state index contributed by atoms with van der Waals surface area (Å²) in [7, 11) is 0. The highest BCUT2D eigenvalue weighted by atomic mass is 35.5. The Morgan fingerprint density at radius 3 is 2.15 bits per heavy atom. The first-order valence-electron chi connectivity index (χ1n) is 5.35. The average Bonchev–Trinajstić information content (AvgIpc) is 2.35. The van der Waals surface area contributed by atoms with E-state index in [1.54, 1.807) is 12.1 Å². The Morgan fingerprint density at radius 1 is 0.900 bits per heavy atom. The average molecular weight is 350 g/mol. The second-order valence-corrected chi connectivity index (χ2v) is 5.48. The molecule has 0 radical (unpaired) electrons. The largest absolute Gasteiger partial charge is 0.456 e. The molecule has 7 heteroatoms. The van der Waals surface area contributed by atoms with Crippen molar-refractivity contribution in [2.45, 2.75) is 0 Å². The summed E-state index contributed by atoms with van der Waals surface area (Å²) in [6, 6.07) is 7.76. The van der Waals surface area contributed by atoms with Gasteiger partial charge in [0, 0.05) is 17.7 Å². The van der Waals surface area contributed by atoms with Crippen LogP contribution in [0.1, 0.15) is 5.56 Å². The topological polar surface area (TPSA) is 59.1 Å². The minimum absolute atomic E-state index is 0.117. The van der Waals surface area contributed by atoms with Crippen LogP contribution in [-0.4, -0.2) is 5.84 Å². The number of hydrogen-bond acceptors (Lipinski definition) is 2. The monoisotopic (exact) mass is 348 g/mol. The Kier molecular flexibility index (Phi) is 4.66. The zero-order valence-electron chi connectivity index (χ0n) is 9.88. The standard InChI is InChI=1S/C13H8Cl4N2O/c14-8-3-6(1-2-7(8)13(18)19)20-12-5-10(16)9(15)4-11(12)17/h1-5H,(H3,18,19). The number of benzene rings is 2. The SMILES string of the molecule is N=C(N)c1ccc(Oc2cc(Cl)c(Cl)cc2Cl)cc1Cl. The number of halogens is 4. The summed E-state index contributed by atoms with van der Waals surface area (Å²) in [5.41, 5.74) is 5.81. The van der Waals surface area contributed by atoms with Crippen LogP contribution in [0.4, 0.5) is 0 Å². The molecular weight excluding hydrogens is 342 g/mol. The zero-order chi connectivity index (χ0) is 14.9. The molecule has 0 fully saturated rings. The van der Waals surface area contributed by atoms with Gasteiger partial charge in [-0.3, -0.25) is 5.41 Å². The van der Waals surface area contributed by atoms with Crippen molar-refractivity contribution in [3.05, 3.63) is 56.0 Å². The highest BCUT2D eigenvalue weighted by Crippen LogP contribution is 2.37. The van der Waals surface area contributed by atoms with Crippen molar-refractivity contribution in [3.63, 3.8) is 0 Å². The number of nitrogens with one attached hydrogen (secondary N) is 1. The summed E-state index contributed by atoms with van der Waals surface area (Å²) in [6.07, 6.45) is 0. The summed E-state index contributed by atoms with van der Waals surface area (Å²) < 4.78 is 5.59. The molecule has 0 aliphatic carbocycles. The molecule has 2 rings (SSSR count). The summed E-state index contributed by atoms with van der Waals surface area (Å²) in [5, 5.41) is 8.66. The molecule has 20 heavy (non-hydrogen) atoms. The fourth-order valence-corrected chi connectivity index (χ4v) is 2.33. The van der Waals surface area contributed by atoms with Crippen LogP contribution in [0.3, 0.4) is 0 Å². The van der Waals surface area contributed by atoms with Crippen LogP contribution in [0.15, 0.2) is 30.3 Å². The summed E-state index contributed by atoms with van der Waals surface area (Å²) in [4.78, 5) is 0. The number of amidine groups is 1. The molecule has 2 aromatic rings. The molecule has 2 aromatic carbocycles. The molecule has 0 aliphatic heterocycles. The molecule has 0 amide bonds. The van der Waals surface area contributed by atoms with Crippen molar-refractivity contribution in [3.8, 4) is 11.5 Å². The first kappa shape index (κ1) is 15.3. The van der Waals surface area contributed by atoms with Crippen molar-refractivity contribution in [2.75, 3.05) is 0 Å². The van der Waals surface area contributed by atoms with Gasteiger partial charge in [-0.1, -0.05) is 46.4 Å². The molecule has 3 nitrogen and oxygen atoms in total. The lowest BCUT2D eigenvalue weighted by Gasteiger charge is -2.10. The Hall–Kier alpha value is -1.13. The van der Waals surface area contributed by atoms with Crippen molar-refractivity contribution < 1.29 is 4.74 Å². The molecule has 0 aromatic heterocycles. The zero-order valence-corrected chi connectivity index (χ0v) is 12.9. The second-order valence-electron chi connectivity index (χ2n) is 3.85. The lowest BCUT2D eigenvalue weighted by atomic mass is 10.2. The van der Waals surface area contributed by atoms with Gasteiger partial charge < -0.3 is 10.5 Å². The van der Waals surface area contributed by atoms with Crippen molar-refractivity contribution in [1.29, 1.82) is 5.41 Å². The van der Waals surface area contributed by atoms with E-state index in [1.807, 2.05) is 0 Å². The first-order chi connectivity index (χ1) is 9.38. The molecule has 0 saturated carbocycles. The maximum Gasteiger partial charge on any atom is 0.147 e. The highest BCUT2D eigenvalue weighted by molar-refractivity contribution is 6.43. The molecule has 0 spiro atoms. The van der Waals surface area contributed by atoms with Gasteiger partial charge in [-0.15, -0.1) is 0 Å². The first-order valence-corrected chi connectivity index (χ1v) is 6.86. The Balaban J connectivity index is 2.33. The van der Waals surface area contributed by atoms with E-state index in [-0.39, 0.29) is 5.84 Å². The molecule has 0 unspecified atom stereocenters. The van der Waals surface area contributed by atoms with Crippen LogP contribution in [0.2, 0.25) is 20.1 Å². The molecular formula is C13H8Cl4N2O. The van der Waals surface area contributed by atoms with E-state index in [2.05, 4.69) is 0 Å². The van der Waals surface area contributed by atoms with Crippen LogP contribution >= 0.6 is 46.4 Å². The van der Waals surface area contributed by atoms with Gasteiger partial charge in [0.15, 0.2) is 0 Å². The van der Waals surface area contributed by atoms with Gasteiger partial charge in [-0.05, 0) is 18.2 Å². The van der Waals surface area contributed by atoms with E-state index < -0.39 is 0 Å². The lowest BCUT2D eigenvalue weighted by molar-refractivity contribution is 0.483. The molecule has 0 atom stereocenters.